The highest BCUT2D eigenvalue weighted by Crippen LogP contribution is 2.15. The number of rotatable bonds is 7. The molecule has 2 aromatic rings. The first kappa shape index (κ1) is 16.7. The lowest BCUT2D eigenvalue weighted by Crippen LogP contribution is -2.28. The Bertz CT molecular complexity index is 597. The molecule has 0 aliphatic heterocycles. The van der Waals surface area contributed by atoms with Gasteiger partial charge < -0.3 is 10.1 Å². The van der Waals surface area contributed by atoms with Gasteiger partial charge in [-0.1, -0.05) is 35.3 Å². The summed E-state index contributed by atoms with van der Waals surface area (Å²) in [6.07, 6.45) is 1.14. The molecule has 116 valence electrons. The fourth-order valence-corrected chi connectivity index (χ4v) is 2.14. The van der Waals surface area contributed by atoms with Crippen LogP contribution >= 0.6 is 23.2 Å². The first-order chi connectivity index (χ1) is 10.6. The van der Waals surface area contributed by atoms with Gasteiger partial charge in [0, 0.05) is 16.5 Å². The van der Waals surface area contributed by atoms with Gasteiger partial charge in [-0.15, -0.1) is 0 Å². The molecule has 2 aromatic carbocycles. The predicted octanol–water partition coefficient (Wildman–Crippen LogP) is 4.12. The van der Waals surface area contributed by atoms with Gasteiger partial charge in [0.1, 0.15) is 12.4 Å². The van der Waals surface area contributed by atoms with Crippen LogP contribution in [0.3, 0.4) is 0 Å². The Morgan fingerprint density at radius 3 is 2.18 bits per heavy atom. The first-order valence-electron chi connectivity index (χ1n) is 7.03. The number of halogens is 2. The maximum absolute atomic E-state index is 11.7. The van der Waals surface area contributed by atoms with Crippen molar-refractivity contribution in [2.75, 3.05) is 13.2 Å². The van der Waals surface area contributed by atoms with E-state index in [4.69, 9.17) is 27.9 Å². The molecule has 1 N–H and O–H groups in total. The molecule has 0 heterocycles. The molecule has 2 rings (SSSR count). The van der Waals surface area contributed by atoms with Crippen molar-refractivity contribution >= 4 is 29.1 Å². The van der Waals surface area contributed by atoms with E-state index in [-0.39, 0.29) is 5.91 Å². The van der Waals surface area contributed by atoms with Crippen LogP contribution < -0.4 is 10.1 Å². The highest BCUT2D eigenvalue weighted by atomic mass is 35.5. The second kappa shape index (κ2) is 8.66. The number of hydrogen-bond donors (Lipinski definition) is 1. The lowest BCUT2D eigenvalue weighted by atomic mass is 10.1. The standard InChI is InChI=1S/C17H17Cl2NO2/c18-14-4-1-13(2-5-14)3-10-17(21)20-11-12-22-16-8-6-15(19)7-9-16/h1-2,4-9H,3,10-12H2,(H,20,21). The molecular weight excluding hydrogens is 321 g/mol. The van der Waals surface area contributed by atoms with E-state index in [1.165, 1.54) is 0 Å². The first-order valence-corrected chi connectivity index (χ1v) is 7.78. The highest BCUT2D eigenvalue weighted by Gasteiger charge is 2.02. The molecule has 0 aliphatic rings. The maximum Gasteiger partial charge on any atom is 0.220 e. The minimum Gasteiger partial charge on any atom is -0.492 e. The quantitative estimate of drug-likeness (QED) is 0.771. The number of hydrogen-bond acceptors (Lipinski definition) is 2. The third-order valence-electron chi connectivity index (χ3n) is 3.06. The number of amides is 1. The fourth-order valence-electron chi connectivity index (χ4n) is 1.89. The smallest absolute Gasteiger partial charge is 0.220 e. The number of aryl methyl sites for hydroxylation is 1. The Labute approximate surface area is 140 Å². The second-order valence-corrected chi connectivity index (χ2v) is 5.65. The van der Waals surface area contributed by atoms with E-state index in [1.54, 1.807) is 24.3 Å². The van der Waals surface area contributed by atoms with Gasteiger partial charge in [-0.05, 0) is 48.4 Å². The van der Waals surface area contributed by atoms with E-state index in [9.17, 15) is 4.79 Å². The highest BCUT2D eigenvalue weighted by molar-refractivity contribution is 6.30. The summed E-state index contributed by atoms with van der Waals surface area (Å²) in [7, 11) is 0. The monoisotopic (exact) mass is 337 g/mol. The summed E-state index contributed by atoms with van der Waals surface area (Å²) in [4.78, 5) is 11.7. The molecule has 0 unspecified atom stereocenters. The molecule has 5 heteroatoms. The predicted molar refractivity (Wildman–Crippen MR) is 89.7 cm³/mol. The molecule has 0 aliphatic carbocycles. The van der Waals surface area contributed by atoms with Crippen molar-refractivity contribution in [1.82, 2.24) is 5.32 Å². The molecule has 0 atom stereocenters. The average Bonchev–Trinajstić information content (AvgIpc) is 2.53. The number of carbonyl (C=O) groups excluding carboxylic acids is 1. The van der Waals surface area contributed by atoms with Crippen molar-refractivity contribution in [3.63, 3.8) is 0 Å². The van der Waals surface area contributed by atoms with E-state index in [1.807, 2.05) is 24.3 Å². The normalized spacial score (nSPS) is 10.3. The van der Waals surface area contributed by atoms with Gasteiger partial charge in [0.15, 0.2) is 0 Å². The van der Waals surface area contributed by atoms with Crippen LogP contribution in [0.15, 0.2) is 48.5 Å². The molecular formula is C17H17Cl2NO2. The van der Waals surface area contributed by atoms with Gasteiger partial charge in [0.05, 0.1) is 6.54 Å². The molecule has 3 nitrogen and oxygen atoms in total. The van der Waals surface area contributed by atoms with Crippen LogP contribution in [0.2, 0.25) is 10.0 Å². The SMILES string of the molecule is O=C(CCc1ccc(Cl)cc1)NCCOc1ccc(Cl)cc1. The molecule has 0 aromatic heterocycles. The van der Waals surface area contributed by atoms with E-state index in [0.29, 0.717) is 36.0 Å². The number of carbonyl (C=O) groups is 1. The van der Waals surface area contributed by atoms with Gasteiger partial charge in [0.2, 0.25) is 5.91 Å². The summed E-state index contributed by atoms with van der Waals surface area (Å²) < 4.78 is 5.50. The zero-order valence-corrected chi connectivity index (χ0v) is 13.5. The lowest BCUT2D eigenvalue weighted by Gasteiger charge is -2.08. The lowest BCUT2D eigenvalue weighted by molar-refractivity contribution is -0.121. The Morgan fingerprint density at radius 1 is 0.955 bits per heavy atom. The van der Waals surface area contributed by atoms with E-state index < -0.39 is 0 Å². The van der Waals surface area contributed by atoms with Gasteiger partial charge in [0.25, 0.3) is 0 Å². The summed E-state index contributed by atoms with van der Waals surface area (Å²) in [6, 6.07) is 14.6. The Kier molecular flexibility index (Phi) is 6.56. The van der Waals surface area contributed by atoms with E-state index >= 15 is 0 Å². The van der Waals surface area contributed by atoms with Crippen LogP contribution in [0.25, 0.3) is 0 Å². The van der Waals surface area contributed by atoms with Crippen molar-refractivity contribution in [1.29, 1.82) is 0 Å². The third kappa shape index (κ3) is 5.96. The minimum absolute atomic E-state index is 0.00894. The molecule has 0 spiro atoms. The molecule has 1 amide bonds. The molecule has 0 fully saturated rings. The largest absolute Gasteiger partial charge is 0.492 e. The Balaban J connectivity index is 1.61. The number of ether oxygens (including phenoxy) is 1. The Hall–Kier alpha value is -1.71. The topological polar surface area (TPSA) is 38.3 Å². The van der Waals surface area contributed by atoms with E-state index in [2.05, 4.69) is 5.32 Å². The van der Waals surface area contributed by atoms with Crippen LogP contribution in [-0.4, -0.2) is 19.1 Å². The van der Waals surface area contributed by atoms with Crippen LogP contribution in [0.4, 0.5) is 0 Å². The molecule has 0 saturated carbocycles. The van der Waals surface area contributed by atoms with Crippen molar-refractivity contribution in [2.24, 2.45) is 0 Å². The van der Waals surface area contributed by atoms with Gasteiger partial charge in [-0.2, -0.15) is 0 Å². The summed E-state index contributed by atoms with van der Waals surface area (Å²) in [6.45, 7) is 0.899. The summed E-state index contributed by atoms with van der Waals surface area (Å²) in [5, 5.41) is 4.20. The summed E-state index contributed by atoms with van der Waals surface area (Å²) in [5.74, 6) is 0.745. The van der Waals surface area contributed by atoms with Crippen molar-refractivity contribution in [2.45, 2.75) is 12.8 Å². The molecule has 0 bridgehead atoms. The van der Waals surface area contributed by atoms with Gasteiger partial charge >= 0.3 is 0 Å². The van der Waals surface area contributed by atoms with Crippen molar-refractivity contribution in [3.8, 4) is 5.75 Å². The zero-order chi connectivity index (χ0) is 15.8. The second-order valence-electron chi connectivity index (χ2n) is 4.78. The summed E-state index contributed by atoms with van der Waals surface area (Å²) >= 11 is 11.6. The Morgan fingerprint density at radius 2 is 1.55 bits per heavy atom. The molecule has 0 saturated heterocycles. The third-order valence-corrected chi connectivity index (χ3v) is 3.56. The van der Waals surface area contributed by atoms with Crippen molar-refractivity contribution < 1.29 is 9.53 Å². The van der Waals surface area contributed by atoms with Gasteiger partial charge in [-0.3, -0.25) is 4.79 Å². The zero-order valence-electron chi connectivity index (χ0n) is 12.0. The summed E-state index contributed by atoms with van der Waals surface area (Å²) in [5.41, 5.74) is 1.09. The molecule has 0 radical (unpaired) electrons. The maximum atomic E-state index is 11.7. The van der Waals surface area contributed by atoms with Crippen LogP contribution in [0, 0.1) is 0 Å². The van der Waals surface area contributed by atoms with Crippen molar-refractivity contribution in [3.05, 3.63) is 64.1 Å². The fraction of sp³-hybridized carbons (Fsp3) is 0.235. The van der Waals surface area contributed by atoms with Crippen LogP contribution in [0.1, 0.15) is 12.0 Å². The van der Waals surface area contributed by atoms with Crippen LogP contribution in [0.5, 0.6) is 5.75 Å². The minimum atomic E-state index is 0.00894. The number of nitrogens with one attached hydrogen (secondary N) is 1. The molecule has 22 heavy (non-hydrogen) atoms. The van der Waals surface area contributed by atoms with Crippen LogP contribution in [-0.2, 0) is 11.2 Å². The number of benzene rings is 2. The average molecular weight is 338 g/mol. The van der Waals surface area contributed by atoms with Gasteiger partial charge in [-0.25, -0.2) is 0 Å². The van der Waals surface area contributed by atoms with E-state index in [0.717, 1.165) is 11.3 Å².